The number of benzene rings is 2. The molecule has 100 valence electrons. The van der Waals surface area contributed by atoms with Gasteiger partial charge in [0.1, 0.15) is 11.6 Å². The van der Waals surface area contributed by atoms with E-state index in [-0.39, 0.29) is 5.82 Å². The fourth-order valence-corrected chi connectivity index (χ4v) is 2.16. The highest BCUT2D eigenvalue weighted by Crippen LogP contribution is 2.31. The maximum atomic E-state index is 13.4. The van der Waals surface area contributed by atoms with Crippen LogP contribution in [-0.2, 0) is 0 Å². The number of H-pyrrole nitrogens is 1. The smallest absolute Gasteiger partial charge is 0.123 e. The van der Waals surface area contributed by atoms with Gasteiger partial charge in [-0.1, -0.05) is 24.3 Å². The Morgan fingerprint density at radius 2 is 1.85 bits per heavy atom. The zero-order chi connectivity index (χ0) is 13.9. The van der Waals surface area contributed by atoms with Gasteiger partial charge in [-0.15, -0.1) is 0 Å². The highest BCUT2D eigenvalue weighted by atomic mass is 19.1. The summed E-state index contributed by atoms with van der Waals surface area (Å²) in [5, 5.41) is 7.04. The SMILES string of the molecule is COc1cccc(-c2[nH]ncc2-c2cccc(F)c2)c1. The third kappa shape index (κ3) is 2.28. The van der Waals surface area contributed by atoms with Crippen LogP contribution < -0.4 is 4.74 Å². The van der Waals surface area contributed by atoms with Gasteiger partial charge in [0, 0.05) is 11.1 Å². The van der Waals surface area contributed by atoms with Crippen LogP contribution in [0.2, 0.25) is 0 Å². The van der Waals surface area contributed by atoms with Crippen molar-refractivity contribution in [2.45, 2.75) is 0 Å². The molecular formula is C16H13FN2O. The van der Waals surface area contributed by atoms with E-state index in [1.165, 1.54) is 12.1 Å². The lowest BCUT2D eigenvalue weighted by Crippen LogP contribution is -1.86. The molecule has 1 aromatic heterocycles. The minimum atomic E-state index is -0.264. The molecule has 4 heteroatoms. The van der Waals surface area contributed by atoms with Crippen LogP contribution >= 0.6 is 0 Å². The van der Waals surface area contributed by atoms with E-state index in [9.17, 15) is 4.39 Å². The Kier molecular flexibility index (Phi) is 3.21. The summed E-state index contributed by atoms with van der Waals surface area (Å²) < 4.78 is 18.6. The third-order valence-corrected chi connectivity index (χ3v) is 3.13. The molecule has 0 unspecified atom stereocenters. The minimum Gasteiger partial charge on any atom is -0.497 e. The fraction of sp³-hybridized carbons (Fsp3) is 0.0625. The highest BCUT2D eigenvalue weighted by Gasteiger charge is 2.11. The lowest BCUT2D eigenvalue weighted by Gasteiger charge is -2.06. The number of nitrogens with zero attached hydrogens (tertiary/aromatic N) is 1. The zero-order valence-corrected chi connectivity index (χ0v) is 10.9. The van der Waals surface area contributed by atoms with Crippen LogP contribution in [-0.4, -0.2) is 17.3 Å². The molecule has 0 aliphatic rings. The topological polar surface area (TPSA) is 37.9 Å². The second-order valence-electron chi connectivity index (χ2n) is 4.40. The average Bonchev–Trinajstić information content (AvgIpc) is 2.97. The first-order chi connectivity index (χ1) is 9.78. The Balaban J connectivity index is 2.10. The lowest BCUT2D eigenvalue weighted by molar-refractivity contribution is 0.415. The molecule has 3 rings (SSSR count). The van der Waals surface area contributed by atoms with Crippen LogP contribution in [0.25, 0.3) is 22.4 Å². The summed E-state index contributed by atoms with van der Waals surface area (Å²) >= 11 is 0. The van der Waals surface area contributed by atoms with E-state index in [2.05, 4.69) is 10.2 Å². The molecule has 0 amide bonds. The highest BCUT2D eigenvalue weighted by molar-refractivity contribution is 5.80. The largest absolute Gasteiger partial charge is 0.497 e. The Morgan fingerprint density at radius 3 is 2.65 bits per heavy atom. The van der Waals surface area contributed by atoms with Gasteiger partial charge in [0.05, 0.1) is 19.0 Å². The summed E-state index contributed by atoms with van der Waals surface area (Å²) in [5.41, 5.74) is 3.44. The molecule has 0 saturated carbocycles. The number of hydrogen-bond donors (Lipinski definition) is 1. The number of rotatable bonds is 3. The maximum absolute atomic E-state index is 13.4. The molecule has 0 saturated heterocycles. The molecule has 20 heavy (non-hydrogen) atoms. The molecule has 0 aliphatic carbocycles. The van der Waals surface area contributed by atoms with Crippen molar-refractivity contribution in [1.29, 1.82) is 0 Å². The first kappa shape index (κ1) is 12.4. The van der Waals surface area contributed by atoms with Gasteiger partial charge >= 0.3 is 0 Å². The van der Waals surface area contributed by atoms with Crippen LogP contribution in [0, 0.1) is 5.82 Å². The Morgan fingerprint density at radius 1 is 1.05 bits per heavy atom. The van der Waals surface area contributed by atoms with Crippen molar-refractivity contribution in [3.05, 3.63) is 60.5 Å². The summed E-state index contributed by atoms with van der Waals surface area (Å²) in [4.78, 5) is 0. The number of nitrogens with one attached hydrogen (secondary N) is 1. The van der Waals surface area contributed by atoms with Gasteiger partial charge < -0.3 is 4.74 Å². The van der Waals surface area contributed by atoms with Crippen molar-refractivity contribution >= 4 is 0 Å². The molecule has 1 N–H and O–H groups in total. The van der Waals surface area contributed by atoms with E-state index >= 15 is 0 Å². The summed E-state index contributed by atoms with van der Waals surface area (Å²) in [6.45, 7) is 0. The Hall–Kier alpha value is -2.62. The van der Waals surface area contributed by atoms with Gasteiger partial charge in [0.2, 0.25) is 0 Å². The van der Waals surface area contributed by atoms with Gasteiger partial charge in [-0.2, -0.15) is 5.10 Å². The van der Waals surface area contributed by atoms with E-state index in [4.69, 9.17) is 4.74 Å². The van der Waals surface area contributed by atoms with Crippen LogP contribution in [0.15, 0.2) is 54.7 Å². The van der Waals surface area contributed by atoms with Crippen LogP contribution in [0.3, 0.4) is 0 Å². The van der Waals surface area contributed by atoms with E-state index in [0.29, 0.717) is 0 Å². The predicted octanol–water partition coefficient (Wildman–Crippen LogP) is 3.89. The molecule has 0 spiro atoms. The predicted molar refractivity (Wildman–Crippen MR) is 76.0 cm³/mol. The zero-order valence-electron chi connectivity index (χ0n) is 10.9. The Bertz CT molecular complexity index is 737. The molecule has 0 fully saturated rings. The quantitative estimate of drug-likeness (QED) is 0.782. The molecule has 3 nitrogen and oxygen atoms in total. The lowest BCUT2D eigenvalue weighted by atomic mass is 10.0. The van der Waals surface area contributed by atoms with Crippen LogP contribution in [0.4, 0.5) is 4.39 Å². The third-order valence-electron chi connectivity index (χ3n) is 3.13. The number of hydrogen-bond acceptors (Lipinski definition) is 2. The summed E-state index contributed by atoms with van der Waals surface area (Å²) in [6, 6.07) is 14.1. The average molecular weight is 268 g/mol. The molecule has 0 atom stereocenters. The van der Waals surface area contributed by atoms with Gasteiger partial charge in [-0.3, -0.25) is 5.10 Å². The molecule has 1 heterocycles. The van der Waals surface area contributed by atoms with E-state index in [1.807, 2.05) is 30.3 Å². The molecule has 0 radical (unpaired) electrons. The summed E-state index contributed by atoms with van der Waals surface area (Å²) in [6.07, 6.45) is 1.70. The monoisotopic (exact) mass is 268 g/mol. The van der Waals surface area contributed by atoms with Gasteiger partial charge in [-0.05, 0) is 29.8 Å². The second kappa shape index (κ2) is 5.17. The van der Waals surface area contributed by atoms with E-state index in [0.717, 1.165) is 28.1 Å². The molecule has 3 aromatic rings. The first-order valence-corrected chi connectivity index (χ1v) is 6.21. The number of aromatic amines is 1. The van der Waals surface area contributed by atoms with Crippen molar-refractivity contribution in [2.24, 2.45) is 0 Å². The van der Waals surface area contributed by atoms with Gasteiger partial charge in [0.15, 0.2) is 0 Å². The number of aromatic nitrogens is 2. The normalized spacial score (nSPS) is 10.5. The van der Waals surface area contributed by atoms with Crippen molar-refractivity contribution in [1.82, 2.24) is 10.2 Å². The van der Waals surface area contributed by atoms with E-state index in [1.54, 1.807) is 19.4 Å². The summed E-state index contributed by atoms with van der Waals surface area (Å²) in [7, 11) is 1.62. The molecule has 2 aromatic carbocycles. The standard InChI is InChI=1S/C16H13FN2O/c1-20-14-7-3-5-12(9-14)16-15(10-18-19-16)11-4-2-6-13(17)8-11/h2-10H,1H3,(H,18,19). The number of methoxy groups -OCH3 is 1. The molecule has 0 bridgehead atoms. The van der Waals surface area contributed by atoms with Crippen molar-refractivity contribution in [2.75, 3.05) is 7.11 Å². The maximum Gasteiger partial charge on any atom is 0.123 e. The van der Waals surface area contributed by atoms with Crippen molar-refractivity contribution in [3.63, 3.8) is 0 Å². The van der Waals surface area contributed by atoms with Gasteiger partial charge in [0.25, 0.3) is 0 Å². The Labute approximate surface area is 116 Å². The van der Waals surface area contributed by atoms with Crippen LogP contribution in [0.1, 0.15) is 0 Å². The second-order valence-corrected chi connectivity index (χ2v) is 4.40. The number of halogens is 1. The van der Waals surface area contributed by atoms with Crippen molar-refractivity contribution < 1.29 is 9.13 Å². The van der Waals surface area contributed by atoms with Crippen LogP contribution in [0.5, 0.6) is 5.75 Å². The molecular weight excluding hydrogens is 255 g/mol. The van der Waals surface area contributed by atoms with Crippen molar-refractivity contribution in [3.8, 4) is 28.1 Å². The summed E-state index contributed by atoms with van der Waals surface area (Å²) in [5.74, 6) is 0.502. The fourth-order valence-electron chi connectivity index (χ4n) is 2.16. The first-order valence-electron chi connectivity index (χ1n) is 6.21. The van der Waals surface area contributed by atoms with E-state index < -0.39 is 0 Å². The number of ether oxygens (including phenoxy) is 1. The van der Waals surface area contributed by atoms with Gasteiger partial charge in [-0.25, -0.2) is 4.39 Å². The minimum absolute atomic E-state index is 0.264. The molecule has 0 aliphatic heterocycles.